The van der Waals surface area contributed by atoms with E-state index in [4.69, 9.17) is 23.4 Å². The van der Waals surface area contributed by atoms with Crippen molar-refractivity contribution in [3.8, 4) is 28.7 Å². The number of nitrogens with one attached hydrogen (secondary N) is 1. The SMILES string of the molecule is COc1ccc(C2=CNCCc3c2cc(OC)c(OC)c3OC)cc1O[Si](C)(C)C(C)(C)C. The zero-order chi connectivity index (χ0) is 24.4. The van der Waals surface area contributed by atoms with Gasteiger partial charge in [0.2, 0.25) is 5.75 Å². The molecule has 0 saturated carbocycles. The van der Waals surface area contributed by atoms with E-state index in [0.717, 1.165) is 46.7 Å². The summed E-state index contributed by atoms with van der Waals surface area (Å²) in [5, 5.41) is 3.50. The van der Waals surface area contributed by atoms with Crippen LogP contribution in [0.3, 0.4) is 0 Å². The predicted octanol–water partition coefficient (Wildman–Crippen LogP) is 5.64. The van der Waals surface area contributed by atoms with Gasteiger partial charge in [0.15, 0.2) is 17.2 Å². The smallest absolute Gasteiger partial charge is 0.250 e. The molecule has 7 heteroatoms. The minimum absolute atomic E-state index is 0.0705. The fraction of sp³-hybridized carbons (Fsp3) is 0.462. The van der Waals surface area contributed by atoms with Crippen LogP contribution in [0.15, 0.2) is 30.5 Å². The first-order valence-corrected chi connectivity index (χ1v) is 14.1. The van der Waals surface area contributed by atoms with E-state index in [-0.39, 0.29) is 5.04 Å². The quantitative estimate of drug-likeness (QED) is 0.528. The van der Waals surface area contributed by atoms with E-state index in [2.05, 4.69) is 57.5 Å². The molecule has 3 rings (SSSR count). The molecule has 0 atom stereocenters. The van der Waals surface area contributed by atoms with E-state index < -0.39 is 8.32 Å². The van der Waals surface area contributed by atoms with Crippen molar-refractivity contribution >= 4 is 13.9 Å². The first kappa shape index (κ1) is 24.8. The Morgan fingerprint density at radius 1 is 0.818 bits per heavy atom. The van der Waals surface area contributed by atoms with Crippen molar-refractivity contribution in [2.45, 2.75) is 45.3 Å². The molecule has 0 bridgehead atoms. The lowest BCUT2D eigenvalue weighted by molar-refractivity contribution is 0.322. The van der Waals surface area contributed by atoms with Crippen molar-refractivity contribution in [2.24, 2.45) is 0 Å². The Bertz CT molecular complexity index is 1040. The molecule has 0 aromatic heterocycles. The molecular weight excluding hydrogens is 434 g/mol. The second-order valence-electron chi connectivity index (χ2n) is 9.66. The number of benzene rings is 2. The summed E-state index contributed by atoms with van der Waals surface area (Å²) in [6.45, 7) is 12.0. The van der Waals surface area contributed by atoms with E-state index >= 15 is 0 Å². The molecule has 0 spiro atoms. The van der Waals surface area contributed by atoms with Gasteiger partial charge < -0.3 is 28.7 Å². The summed E-state index contributed by atoms with van der Waals surface area (Å²) in [5.74, 6) is 3.44. The zero-order valence-corrected chi connectivity index (χ0v) is 22.3. The van der Waals surface area contributed by atoms with Crippen LogP contribution in [0.1, 0.15) is 37.5 Å². The van der Waals surface area contributed by atoms with Crippen LogP contribution >= 0.6 is 0 Å². The first-order chi connectivity index (χ1) is 15.6. The Labute approximate surface area is 199 Å². The normalized spacial score (nSPS) is 13.8. The average molecular weight is 472 g/mol. The topological polar surface area (TPSA) is 58.2 Å². The van der Waals surface area contributed by atoms with Crippen LogP contribution in [0.4, 0.5) is 0 Å². The van der Waals surface area contributed by atoms with E-state index in [1.54, 1.807) is 28.4 Å². The van der Waals surface area contributed by atoms with Crippen molar-refractivity contribution in [1.29, 1.82) is 0 Å². The second kappa shape index (κ2) is 9.59. The zero-order valence-electron chi connectivity index (χ0n) is 21.3. The van der Waals surface area contributed by atoms with Crippen molar-refractivity contribution in [3.63, 3.8) is 0 Å². The lowest BCUT2D eigenvalue weighted by atomic mass is 9.92. The first-order valence-electron chi connectivity index (χ1n) is 11.2. The van der Waals surface area contributed by atoms with Crippen molar-refractivity contribution in [3.05, 3.63) is 47.2 Å². The highest BCUT2D eigenvalue weighted by atomic mass is 28.4. The molecule has 33 heavy (non-hydrogen) atoms. The third-order valence-electron chi connectivity index (χ3n) is 6.63. The number of methoxy groups -OCH3 is 4. The number of fused-ring (bicyclic) bond motifs is 1. The number of hydrogen-bond donors (Lipinski definition) is 1. The standard InChI is InChI=1S/C26H37NO5Si/c1-26(2,3)33(8,9)32-22-14-17(10-11-21(22)28-4)20-16-27-13-12-18-19(20)15-23(29-5)25(31-7)24(18)30-6/h10-11,14-16,27H,12-13H2,1-9H3. The minimum atomic E-state index is -2.06. The number of hydrogen-bond acceptors (Lipinski definition) is 6. The number of ether oxygens (including phenoxy) is 4. The Kier molecular flexibility index (Phi) is 7.22. The Hall–Kier alpha value is -2.80. The van der Waals surface area contributed by atoms with Crippen molar-refractivity contribution < 1.29 is 23.4 Å². The summed E-state index contributed by atoms with van der Waals surface area (Å²) in [5.41, 5.74) is 4.17. The summed E-state index contributed by atoms with van der Waals surface area (Å²) < 4.78 is 29.4. The highest BCUT2D eigenvalue weighted by Crippen LogP contribution is 2.47. The molecule has 0 radical (unpaired) electrons. The largest absolute Gasteiger partial charge is 0.541 e. The van der Waals surface area contributed by atoms with E-state index in [0.29, 0.717) is 17.2 Å². The summed E-state index contributed by atoms with van der Waals surface area (Å²) in [7, 11) is 4.55. The lowest BCUT2D eigenvalue weighted by Gasteiger charge is -2.37. The molecule has 0 amide bonds. The molecule has 0 fully saturated rings. The van der Waals surface area contributed by atoms with Gasteiger partial charge in [0.25, 0.3) is 8.32 Å². The molecular formula is C26H37NO5Si. The molecule has 1 heterocycles. The van der Waals surface area contributed by atoms with Gasteiger partial charge in [-0.3, -0.25) is 0 Å². The third-order valence-corrected chi connectivity index (χ3v) is 11.0. The lowest BCUT2D eigenvalue weighted by Crippen LogP contribution is -2.43. The molecule has 6 nitrogen and oxygen atoms in total. The van der Waals surface area contributed by atoms with E-state index in [1.807, 2.05) is 12.1 Å². The molecule has 2 aromatic carbocycles. The summed E-state index contributed by atoms with van der Waals surface area (Å²) in [4.78, 5) is 0. The molecule has 0 aliphatic carbocycles. The molecule has 2 aromatic rings. The Balaban J connectivity index is 2.18. The maximum absolute atomic E-state index is 6.66. The van der Waals surface area contributed by atoms with Crippen molar-refractivity contribution in [1.82, 2.24) is 5.32 Å². The van der Waals surface area contributed by atoms with Gasteiger partial charge in [-0.25, -0.2) is 0 Å². The molecule has 1 N–H and O–H groups in total. The van der Waals surface area contributed by atoms with E-state index in [9.17, 15) is 0 Å². The maximum atomic E-state index is 6.66. The van der Waals surface area contributed by atoms with Gasteiger partial charge in [-0.15, -0.1) is 0 Å². The molecule has 1 aliphatic rings. The fourth-order valence-electron chi connectivity index (χ4n) is 3.74. The summed E-state index contributed by atoms with van der Waals surface area (Å²) >= 11 is 0. The molecule has 1 aliphatic heterocycles. The van der Waals surface area contributed by atoms with Crippen LogP contribution in [0.2, 0.25) is 18.1 Å². The average Bonchev–Trinajstić information content (AvgIpc) is 2.98. The van der Waals surface area contributed by atoms with Crippen LogP contribution in [0, 0.1) is 0 Å². The van der Waals surface area contributed by atoms with E-state index in [1.165, 1.54) is 0 Å². The summed E-state index contributed by atoms with van der Waals surface area (Å²) in [6, 6.07) is 8.13. The van der Waals surface area contributed by atoms with Crippen LogP contribution in [-0.4, -0.2) is 43.3 Å². The Morgan fingerprint density at radius 3 is 2.06 bits per heavy atom. The van der Waals surface area contributed by atoms with Gasteiger partial charge in [-0.1, -0.05) is 26.8 Å². The van der Waals surface area contributed by atoms with Crippen molar-refractivity contribution in [2.75, 3.05) is 35.0 Å². The summed E-state index contributed by atoms with van der Waals surface area (Å²) in [6.07, 6.45) is 2.84. The maximum Gasteiger partial charge on any atom is 0.250 e. The highest BCUT2D eigenvalue weighted by molar-refractivity contribution is 6.74. The number of rotatable bonds is 7. The van der Waals surface area contributed by atoms with Crippen LogP contribution in [0.25, 0.3) is 5.57 Å². The van der Waals surface area contributed by atoms with Gasteiger partial charge >= 0.3 is 0 Å². The highest BCUT2D eigenvalue weighted by Gasteiger charge is 2.39. The van der Waals surface area contributed by atoms with Gasteiger partial charge in [0, 0.05) is 23.9 Å². The molecule has 0 unspecified atom stereocenters. The third kappa shape index (κ3) is 4.78. The van der Waals surface area contributed by atoms with Gasteiger partial charge in [0.1, 0.15) is 5.75 Å². The van der Waals surface area contributed by atoms with Gasteiger partial charge in [0.05, 0.1) is 28.4 Å². The second-order valence-corrected chi connectivity index (χ2v) is 14.4. The van der Waals surface area contributed by atoms with Crippen LogP contribution in [0.5, 0.6) is 28.7 Å². The predicted molar refractivity (Wildman–Crippen MR) is 136 cm³/mol. The van der Waals surface area contributed by atoms with Crippen LogP contribution < -0.4 is 28.7 Å². The molecule has 0 saturated heterocycles. The molecule has 180 valence electrons. The fourth-order valence-corrected chi connectivity index (χ4v) is 4.76. The monoisotopic (exact) mass is 471 g/mol. The van der Waals surface area contributed by atoms with Crippen LogP contribution in [-0.2, 0) is 6.42 Å². The minimum Gasteiger partial charge on any atom is -0.541 e. The Morgan fingerprint density at radius 2 is 1.48 bits per heavy atom. The van der Waals surface area contributed by atoms with Gasteiger partial charge in [-0.2, -0.15) is 0 Å². The van der Waals surface area contributed by atoms with Gasteiger partial charge in [-0.05, 0) is 53.9 Å².